The van der Waals surface area contributed by atoms with Gasteiger partial charge in [0.2, 0.25) is 11.8 Å². The van der Waals surface area contributed by atoms with Crippen LogP contribution in [-0.4, -0.2) is 73.6 Å². The third-order valence-electron chi connectivity index (χ3n) is 8.39. The highest BCUT2D eigenvalue weighted by molar-refractivity contribution is 5.56. The van der Waals surface area contributed by atoms with Crippen molar-refractivity contribution in [3.63, 3.8) is 0 Å². The van der Waals surface area contributed by atoms with Gasteiger partial charge in [-0.1, -0.05) is 6.42 Å². The number of nitrogens with zero attached hydrogens (tertiary/aromatic N) is 5. The topological polar surface area (TPSA) is 84.9 Å². The van der Waals surface area contributed by atoms with Gasteiger partial charge in [-0.15, -0.1) is 0 Å². The first-order valence-electron chi connectivity index (χ1n) is 13.6. The molecule has 9 heteroatoms. The Balaban J connectivity index is 1.04. The summed E-state index contributed by atoms with van der Waals surface area (Å²) in [6, 6.07) is 4.84. The molecule has 4 aliphatic rings. The number of anilines is 3. The predicted octanol–water partition coefficient (Wildman–Crippen LogP) is 3.76. The molecule has 1 N–H and O–H groups in total. The maximum absolute atomic E-state index is 6.06. The predicted molar refractivity (Wildman–Crippen MR) is 139 cm³/mol. The molecule has 1 aliphatic carbocycles. The smallest absolute Gasteiger partial charge is 0.225 e. The van der Waals surface area contributed by atoms with Gasteiger partial charge in [-0.25, -0.2) is 9.97 Å². The molecule has 5 heterocycles. The van der Waals surface area contributed by atoms with Crippen molar-refractivity contribution in [2.24, 2.45) is 11.8 Å². The summed E-state index contributed by atoms with van der Waals surface area (Å²) in [5, 5.41) is 3.59. The molecule has 2 aromatic heterocycles. The average molecular weight is 495 g/mol. The highest BCUT2D eigenvalue weighted by atomic mass is 16.5. The summed E-state index contributed by atoms with van der Waals surface area (Å²) in [7, 11) is 2.13. The molecule has 3 aliphatic heterocycles. The zero-order valence-electron chi connectivity index (χ0n) is 21.3. The van der Waals surface area contributed by atoms with E-state index in [9.17, 15) is 0 Å². The van der Waals surface area contributed by atoms with E-state index in [0.29, 0.717) is 36.5 Å². The second kappa shape index (κ2) is 10.7. The number of hydrogen-bond acceptors (Lipinski definition) is 9. The van der Waals surface area contributed by atoms with Crippen LogP contribution >= 0.6 is 0 Å². The molecule has 2 saturated heterocycles. The summed E-state index contributed by atoms with van der Waals surface area (Å²) >= 11 is 0. The van der Waals surface area contributed by atoms with Crippen LogP contribution in [0.1, 0.15) is 44.9 Å². The number of nitrogens with one attached hydrogen (secondary N) is 1. The van der Waals surface area contributed by atoms with Crippen LogP contribution in [0.5, 0.6) is 11.6 Å². The quantitative estimate of drug-likeness (QED) is 0.618. The van der Waals surface area contributed by atoms with Gasteiger partial charge in [0.25, 0.3) is 0 Å². The molecule has 9 nitrogen and oxygen atoms in total. The zero-order chi connectivity index (χ0) is 24.3. The molecule has 1 atom stereocenters. The van der Waals surface area contributed by atoms with Gasteiger partial charge in [-0.05, 0) is 56.4 Å². The Kier molecular flexibility index (Phi) is 6.98. The third-order valence-corrected chi connectivity index (χ3v) is 8.39. The molecule has 3 fully saturated rings. The lowest BCUT2D eigenvalue weighted by Gasteiger charge is -2.40. The van der Waals surface area contributed by atoms with Crippen molar-refractivity contribution in [3.8, 4) is 11.6 Å². The lowest BCUT2D eigenvalue weighted by Crippen LogP contribution is -2.47. The number of pyridine rings is 1. The van der Waals surface area contributed by atoms with Gasteiger partial charge in [0.05, 0.1) is 18.8 Å². The molecule has 1 unspecified atom stereocenters. The van der Waals surface area contributed by atoms with E-state index in [0.717, 1.165) is 76.0 Å². The molecule has 1 saturated carbocycles. The first-order chi connectivity index (χ1) is 17.7. The largest absolute Gasteiger partial charge is 0.486 e. The fraction of sp³-hybridized carbons (Fsp3) is 0.667. The number of rotatable bonds is 7. The molecule has 0 radical (unpaired) electrons. The monoisotopic (exact) mass is 494 g/mol. The Morgan fingerprint density at radius 3 is 2.69 bits per heavy atom. The fourth-order valence-corrected chi connectivity index (χ4v) is 5.78. The Bertz CT molecular complexity index is 1020. The van der Waals surface area contributed by atoms with Crippen LogP contribution in [0.4, 0.5) is 17.5 Å². The van der Waals surface area contributed by atoms with E-state index < -0.39 is 0 Å². The van der Waals surface area contributed by atoms with Crippen molar-refractivity contribution in [3.05, 3.63) is 24.5 Å². The zero-order valence-corrected chi connectivity index (χ0v) is 21.3. The lowest BCUT2D eigenvalue weighted by molar-refractivity contribution is 0.0493. The molecule has 2 aromatic rings. The Morgan fingerprint density at radius 1 is 1.08 bits per heavy atom. The molecule has 0 amide bonds. The van der Waals surface area contributed by atoms with Crippen LogP contribution in [0.2, 0.25) is 0 Å². The van der Waals surface area contributed by atoms with Crippen molar-refractivity contribution in [2.45, 2.75) is 57.0 Å². The second-order valence-corrected chi connectivity index (χ2v) is 10.7. The van der Waals surface area contributed by atoms with Crippen molar-refractivity contribution < 1.29 is 14.2 Å². The lowest BCUT2D eigenvalue weighted by atomic mass is 9.86. The van der Waals surface area contributed by atoms with E-state index in [2.05, 4.69) is 44.3 Å². The highest BCUT2D eigenvalue weighted by Crippen LogP contribution is 2.36. The summed E-state index contributed by atoms with van der Waals surface area (Å²) in [5.41, 5.74) is 1.19. The van der Waals surface area contributed by atoms with Crippen molar-refractivity contribution in [1.82, 2.24) is 15.0 Å². The van der Waals surface area contributed by atoms with Crippen molar-refractivity contribution in [1.29, 1.82) is 0 Å². The minimum absolute atomic E-state index is 0.329. The first-order valence-corrected chi connectivity index (χ1v) is 13.6. The van der Waals surface area contributed by atoms with Crippen LogP contribution in [0.15, 0.2) is 24.5 Å². The number of fused-ring (bicyclic) bond motifs is 1. The van der Waals surface area contributed by atoms with Gasteiger partial charge >= 0.3 is 0 Å². The van der Waals surface area contributed by atoms with E-state index in [1.807, 2.05) is 12.4 Å². The molecule has 0 bridgehead atoms. The molecular weight excluding hydrogens is 456 g/mol. The maximum Gasteiger partial charge on any atom is 0.225 e. The van der Waals surface area contributed by atoms with Crippen LogP contribution in [0.3, 0.4) is 0 Å². The standard InChI is InChI=1S/C27H38N6O3/c1-32-23(20-8-13-34-14-9-20)18-35-24-16-29-27(31-26(24)32)30-21-6-11-33(12-7-21)22-5-10-28-25(15-22)36-17-19-3-2-4-19/h5,10,15-16,19-21,23H,2-4,6-9,11-14,17-18H2,1H3,(H,29,30,31). The average Bonchev–Trinajstić information content (AvgIpc) is 2.89. The van der Waals surface area contributed by atoms with E-state index >= 15 is 0 Å². The van der Waals surface area contributed by atoms with Crippen LogP contribution in [0, 0.1) is 11.8 Å². The molecule has 0 spiro atoms. The van der Waals surface area contributed by atoms with Gasteiger partial charge < -0.3 is 29.3 Å². The van der Waals surface area contributed by atoms with Crippen LogP contribution in [0.25, 0.3) is 0 Å². The molecule has 6 rings (SSSR count). The van der Waals surface area contributed by atoms with Gasteiger partial charge in [0.1, 0.15) is 6.61 Å². The van der Waals surface area contributed by atoms with E-state index in [1.165, 1.54) is 24.9 Å². The summed E-state index contributed by atoms with van der Waals surface area (Å²) < 4.78 is 17.6. The number of hydrogen-bond donors (Lipinski definition) is 1. The van der Waals surface area contributed by atoms with Gasteiger partial charge in [0, 0.05) is 57.3 Å². The number of piperidine rings is 1. The Morgan fingerprint density at radius 2 is 1.92 bits per heavy atom. The second-order valence-electron chi connectivity index (χ2n) is 10.7. The number of ether oxygens (including phenoxy) is 3. The molecular formula is C27H38N6O3. The third kappa shape index (κ3) is 5.16. The summed E-state index contributed by atoms with van der Waals surface area (Å²) in [6.07, 6.45) is 11.8. The molecule has 194 valence electrons. The first kappa shape index (κ1) is 23.6. The summed E-state index contributed by atoms with van der Waals surface area (Å²) in [5.74, 6) is 4.37. The minimum Gasteiger partial charge on any atom is -0.486 e. The SMILES string of the molecule is CN1c2nc(NC3CCN(c4ccnc(OCC5CCC5)c4)CC3)ncc2OCC1C1CCOCC1. The highest BCUT2D eigenvalue weighted by Gasteiger charge is 2.34. The maximum atomic E-state index is 6.06. The van der Waals surface area contributed by atoms with E-state index in [-0.39, 0.29) is 0 Å². The normalized spacial score (nSPS) is 23.5. The molecule has 0 aromatic carbocycles. The van der Waals surface area contributed by atoms with Gasteiger partial charge in [0.15, 0.2) is 11.6 Å². The fourth-order valence-electron chi connectivity index (χ4n) is 5.78. The molecule has 36 heavy (non-hydrogen) atoms. The minimum atomic E-state index is 0.329. The van der Waals surface area contributed by atoms with Gasteiger partial charge in [-0.3, -0.25) is 0 Å². The van der Waals surface area contributed by atoms with E-state index in [4.69, 9.17) is 19.2 Å². The van der Waals surface area contributed by atoms with Crippen molar-refractivity contribution in [2.75, 3.05) is 61.7 Å². The van der Waals surface area contributed by atoms with Crippen LogP contribution in [-0.2, 0) is 4.74 Å². The Hall–Kier alpha value is -2.81. The summed E-state index contributed by atoms with van der Waals surface area (Å²) in [6.45, 7) is 5.11. The number of aromatic nitrogens is 3. The van der Waals surface area contributed by atoms with Crippen LogP contribution < -0.4 is 24.6 Å². The number of likely N-dealkylation sites (N-methyl/N-ethyl adjacent to an activating group) is 1. The van der Waals surface area contributed by atoms with Gasteiger partial charge in [-0.2, -0.15) is 4.98 Å². The van der Waals surface area contributed by atoms with E-state index in [1.54, 1.807) is 0 Å². The van der Waals surface area contributed by atoms with Crippen molar-refractivity contribution >= 4 is 17.5 Å². The Labute approximate surface area is 213 Å². The summed E-state index contributed by atoms with van der Waals surface area (Å²) in [4.78, 5) is 18.6.